The first-order chi connectivity index (χ1) is 8.21. The van der Waals surface area contributed by atoms with Crippen LogP contribution in [0.5, 0.6) is 0 Å². The summed E-state index contributed by atoms with van der Waals surface area (Å²) < 4.78 is 26.7. The maximum absolute atomic E-state index is 5.80. The second-order valence-corrected chi connectivity index (χ2v) is 6.09. The third-order valence-corrected chi connectivity index (χ3v) is 4.60. The van der Waals surface area contributed by atoms with Crippen molar-refractivity contribution in [1.82, 2.24) is 0 Å². The number of methoxy groups -OCH3 is 2. The Balaban J connectivity index is 3.94. The average Bonchev–Trinajstić information content (AvgIpc) is 2.37. The van der Waals surface area contributed by atoms with Crippen LogP contribution in [0, 0.1) is 0 Å². The van der Waals surface area contributed by atoms with Crippen molar-refractivity contribution < 1.29 is 23.1 Å². The molecule has 0 saturated heterocycles. The van der Waals surface area contributed by atoms with E-state index in [1.54, 1.807) is 28.4 Å². The lowest BCUT2D eigenvalue weighted by atomic mass is 10.3. The first kappa shape index (κ1) is 17.0. The molecule has 2 unspecified atom stereocenters. The standard InChI is InChI=1S/C11H26O5Si/c1-6-10(9-17(14-4)15-5)16-8-11(13-3)7-12-2/h10-11,17H,6-9H2,1-5H3. The minimum absolute atomic E-state index is 0.0146. The first-order valence-corrected chi connectivity index (χ1v) is 7.66. The largest absolute Gasteiger partial charge is 0.400 e. The Bertz CT molecular complexity index is 166. The summed E-state index contributed by atoms with van der Waals surface area (Å²) >= 11 is 0. The molecule has 0 amide bonds. The normalized spacial score (nSPS) is 15.2. The fourth-order valence-electron chi connectivity index (χ4n) is 1.47. The van der Waals surface area contributed by atoms with Crippen molar-refractivity contribution in [3.05, 3.63) is 0 Å². The molecule has 0 aliphatic rings. The average molecular weight is 266 g/mol. The van der Waals surface area contributed by atoms with Crippen LogP contribution in [0.15, 0.2) is 0 Å². The van der Waals surface area contributed by atoms with Crippen LogP contribution >= 0.6 is 0 Å². The Labute approximate surface area is 106 Å². The van der Waals surface area contributed by atoms with Crippen LogP contribution in [-0.4, -0.2) is 63.1 Å². The third kappa shape index (κ3) is 7.85. The second kappa shape index (κ2) is 11.1. The second-order valence-electron chi connectivity index (χ2n) is 3.81. The van der Waals surface area contributed by atoms with Gasteiger partial charge in [-0.2, -0.15) is 0 Å². The van der Waals surface area contributed by atoms with Crippen molar-refractivity contribution in [2.45, 2.75) is 31.6 Å². The molecule has 0 aliphatic carbocycles. The summed E-state index contributed by atoms with van der Waals surface area (Å²) in [5.41, 5.74) is 0. The van der Waals surface area contributed by atoms with Crippen LogP contribution in [0.4, 0.5) is 0 Å². The number of hydrogen-bond acceptors (Lipinski definition) is 5. The Morgan fingerprint density at radius 3 is 2.00 bits per heavy atom. The summed E-state index contributed by atoms with van der Waals surface area (Å²) in [5, 5.41) is 0. The molecule has 17 heavy (non-hydrogen) atoms. The Kier molecular flexibility index (Phi) is 11.1. The van der Waals surface area contributed by atoms with Gasteiger partial charge in [-0.1, -0.05) is 6.92 Å². The van der Waals surface area contributed by atoms with Gasteiger partial charge in [-0.25, -0.2) is 0 Å². The smallest absolute Gasteiger partial charge is 0.323 e. The lowest BCUT2D eigenvalue weighted by Crippen LogP contribution is -2.31. The maximum atomic E-state index is 5.80. The van der Waals surface area contributed by atoms with Gasteiger partial charge in [0.05, 0.1) is 19.3 Å². The van der Waals surface area contributed by atoms with Crippen LogP contribution < -0.4 is 0 Å². The molecule has 0 aromatic heterocycles. The van der Waals surface area contributed by atoms with Gasteiger partial charge in [-0.15, -0.1) is 0 Å². The predicted octanol–water partition coefficient (Wildman–Crippen LogP) is 0.956. The molecule has 6 heteroatoms. The molecule has 0 aliphatic heterocycles. The van der Waals surface area contributed by atoms with E-state index in [1.165, 1.54) is 0 Å². The third-order valence-electron chi connectivity index (χ3n) is 2.64. The van der Waals surface area contributed by atoms with E-state index in [0.717, 1.165) is 12.5 Å². The lowest BCUT2D eigenvalue weighted by molar-refractivity contribution is -0.0519. The van der Waals surface area contributed by atoms with Crippen LogP contribution in [0.1, 0.15) is 13.3 Å². The molecule has 5 nitrogen and oxygen atoms in total. The molecule has 0 rings (SSSR count). The van der Waals surface area contributed by atoms with Gasteiger partial charge in [0.1, 0.15) is 6.10 Å². The van der Waals surface area contributed by atoms with E-state index in [-0.39, 0.29) is 12.2 Å². The highest BCUT2D eigenvalue weighted by Crippen LogP contribution is 2.10. The molecular weight excluding hydrogens is 240 g/mol. The van der Waals surface area contributed by atoms with Crippen LogP contribution in [0.25, 0.3) is 0 Å². The van der Waals surface area contributed by atoms with Crippen molar-refractivity contribution in [3.63, 3.8) is 0 Å². The highest BCUT2D eigenvalue weighted by atomic mass is 28.3. The minimum atomic E-state index is -1.55. The molecule has 0 aromatic rings. The topological polar surface area (TPSA) is 46.2 Å². The van der Waals surface area contributed by atoms with Crippen molar-refractivity contribution in [3.8, 4) is 0 Å². The monoisotopic (exact) mass is 266 g/mol. The SMILES string of the molecule is CCC(C[SiH](OC)OC)OCC(COC)OC. The van der Waals surface area contributed by atoms with Gasteiger partial charge in [0.2, 0.25) is 0 Å². The quantitative estimate of drug-likeness (QED) is 0.521. The molecular formula is C11H26O5Si. The van der Waals surface area contributed by atoms with E-state index >= 15 is 0 Å². The summed E-state index contributed by atoms with van der Waals surface area (Å²) in [5.74, 6) is 0. The molecule has 0 N–H and O–H groups in total. The van der Waals surface area contributed by atoms with E-state index in [2.05, 4.69) is 6.92 Å². The Morgan fingerprint density at radius 1 is 0.941 bits per heavy atom. The fourth-order valence-corrected chi connectivity index (χ4v) is 2.95. The summed E-state index contributed by atoms with van der Waals surface area (Å²) in [4.78, 5) is 0. The van der Waals surface area contributed by atoms with Crippen LogP contribution in [0.2, 0.25) is 6.04 Å². The number of hydrogen-bond donors (Lipinski definition) is 0. The van der Waals surface area contributed by atoms with Crippen LogP contribution in [-0.2, 0) is 23.1 Å². The van der Waals surface area contributed by atoms with E-state index in [1.807, 2.05) is 0 Å². The van der Waals surface area contributed by atoms with E-state index < -0.39 is 9.28 Å². The van der Waals surface area contributed by atoms with Crippen molar-refractivity contribution >= 4 is 9.28 Å². The first-order valence-electron chi connectivity index (χ1n) is 5.90. The highest BCUT2D eigenvalue weighted by Gasteiger charge is 2.19. The van der Waals surface area contributed by atoms with Crippen LogP contribution in [0.3, 0.4) is 0 Å². The minimum Gasteiger partial charge on any atom is -0.400 e. The molecule has 0 fully saturated rings. The van der Waals surface area contributed by atoms with Crippen molar-refractivity contribution in [2.75, 3.05) is 41.7 Å². The Morgan fingerprint density at radius 2 is 1.59 bits per heavy atom. The van der Waals surface area contributed by atoms with Gasteiger partial charge in [0, 0.05) is 34.5 Å². The van der Waals surface area contributed by atoms with E-state index in [0.29, 0.717) is 13.2 Å². The van der Waals surface area contributed by atoms with E-state index in [4.69, 9.17) is 23.1 Å². The summed E-state index contributed by atoms with van der Waals surface area (Å²) in [6.45, 7) is 3.18. The molecule has 2 atom stereocenters. The Hall–Kier alpha value is 0.0169. The molecule has 0 spiro atoms. The maximum Gasteiger partial charge on any atom is 0.323 e. The summed E-state index contributed by atoms with van der Waals surface area (Å²) in [6.07, 6.45) is 1.10. The zero-order valence-electron chi connectivity index (χ0n) is 11.6. The van der Waals surface area contributed by atoms with Gasteiger partial charge < -0.3 is 23.1 Å². The van der Waals surface area contributed by atoms with Gasteiger partial charge in [-0.05, 0) is 6.42 Å². The van der Waals surface area contributed by atoms with Gasteiger partial charge >= 0.3 is 9.28 Å². The zero-order valence-corrected chi connectivity index (χ0v) is 12.8. The fraction of sp³-hybridized carbons (Fsp3) is 1.00. The van der Waals surface area contributed by atoms with Gasteiger partial charge in [0.25, 0.3) is 0 Å². The number of ether oxygens (including phenoxy) is 3. The molecule has 0 heterocycles. The van der Waals surface area contributed by atoms with Gasteiger partial charge in [-0.3, -0.25) is 0 Å². The molecule has 0 radical (unpaired) electrons. The van der Waals surface area contributed by atoms with Crippen molar-refractivity contribution in [2.24, 2.45) is 0 Å². The lowest BCUT2D eigenvalue weighted by Gasteiger charge is -2.22. The molecule has 0 saturated carbocycles. The molecule has 0 aromatic carbocycles. The summed E-state index contributed by atoms with van der Waals surface area (Å²) in [7, 11) is 5.15. The molecule has 104 valence electrons. The number of rotatable bonds is 11. The predicted molar refractivity (Wildman–Crippen MR) is 68.7 cm³/mol. The zero-order chi connectivity index (χ0) is 13.1. The summed E-state index contributed by atoms with van der Waals surface area (Å²) in [6, 6.07) is 0.854. The van der Waals surface area contributed by atoms with E-state index in [9.17, 15) is 0 Å². The highest BCUT2D eigenvalue weighted by molar-refractivity contribution is 6.44. The van der Waals surface area contributed by atoms with Gasteiger partial charge in [0.15, 0.2) is 0 Å². The molecule has 0 bridgehead atoms. The van der Waals surface area contributed by atoms with Crippen molar-refractivity contribution in [1.29, 1.82) is 0 Å².